The minimum absolute atomic E-state index is 0.667. The monoisotopic (exact) mass is 444 g/mol. The normalized spacial score (nSPS) is 15.8. The zero-order valence-electron chi connectivity index (χ0n) is 16.4. The van der Waals surface area contributed by atoms with Gasteiger partial charge in [0.05, 0.1) is 5.69 Å². The fraction of sp³-hybridized carbons (Fsp3) is 0.231. The van der Waals surface area contributed by atoms with Crippen LogP contribution in [0.3, 0.4) is 0 Å². The maximum atomic E-state index is 3.68. The van der Waals surface area contributed by atoms with E-state index in [9.17, 15) is 0 Å². The van der Waals surface area contributed by atoms with E-state index in [2.05, 4.69) is 105 Å². The molecule has 146 valence electrons. The van der Waals surface area contributed by atoms with Crippen LogP contribution in [-0.4, -0.2) is 23.0 Å². The Balaban J connectivity index is 1.38. The molecule has 1 aliphatic rings. The van der Waals surface area contributed by atoms with Crippen LogP contribution in [-0.2, 0) is 6.54 Å². The molecular weight excluding hydrogens is 420 g/mol. The summed E-state index contributed by atoms with van der Waals surface area (Å²) in [6.07, 6.45) is 2.44. The molecule has 1 N–H and O–H groups in total. The number of fused-ring (bicyclic) bond motifs is 1. The van der Waals surface area contributed by atoms with Gasteiger partial charge in [0.1, 0.15) is 0 Å². The van der Waals surface area contributed by atoms with Crippen molar-refractivity contribution in [1.82, 2.24) is 9.88 Å². The maximum Gasteiger partial charge on any atom is 0.0510 e. The van der Waals surface area contributed by atoms with Crippen LogP contribution in [0.4, 0.5) is 0 Å². The van der Waals surface area contributed by atoms with Gasteiger partial charge in [-0.1, -0.05) is 76.6 Å². The second-order valence-corrected chi connectivity index (χ2v) is 8.91. The number of nitrogens with one attached hydrogen (secondary N) is 1. The van der Waals surface area contributed by atoms with Gasteiger partial charge in [0.15, 0.2) is 0 Å². The quantitative estimate of drug-likeness (QED) is 0.359. The molecule has 4 aromatic rings. The first kappa shape index (κ1) is 18.7. The third-order valence-corrected chi connectivity index (χ3v) is 6.66. The fourth-order valence-corrected chi connectivity index (χ4v) is 5.04. The molecule has 0 spiro atoms. The van der Waals surface area contributed by atoms with Gasteiger partial charge in [-0.25, -0.2) is 0 Å². The summed E-state index contributed by atoms with van der Waals surface area (Å²) in [5.41, 5.74) is 6.65. The SMILES string of the molecule is Brc1cccc(C2CCN(Cc3c(-c4ccccc4)[nH]c4ccccc34)CC2)c1. The topological polar surface area (TPSA) is 19.0 Å². The molecule has 0 amide bonds. The predicted octanol–water partition coefficient (Wildman–Crippen LogP) is 6.98. The van der Waals surface area contributed by atoms with Gasteiger partial charge in [-0.2, -0.15) is 0 Å². The highest BCUT2D eigenvalue weighted by Gasteiger charge is 2.23. The summed E-state index contributed by atoms with van der Waals surface area (Å²) in [6, 6.07) is 28.2. The lowest BCUT2D eigenvalue weighted by Gasteiger charge is -2.32. The standard InChI is InChI=1S/C26H25BrN2/c27-22-10-6-9-21(17-22)19-13-15-29(16-14-19)18-24-23-11-4-5-12-25(23)28-26(24)20-7-2-1-3-8-20/h1-12,17,19,28H,13-16,18H2. The van der Waals surface area contributed by atoms with Crippen molar-refractivity contribution < 1.29 is 0 Å². The number of H-pyrrole nitrogens is 1. The van der Waals surface area contributed by atoms with Crippen molar-refractivity contribution >= 4 is 26.8 Å². The molecule has 0 bridgehead atoms. The Morgan fingerprint density at radius 1 is 0.862 bits per heavy atom. The zero-order chi connectivity index (χ0) is 19.6. The van der Waals surface area contributed by atoms with Crippen LogP contribution in [0.2, 0.25) is 0 Å². The summed E-state index contributed by atoms with van der Waals surface area (Å²) in [4.78, 5) is 6.30. The summed E-state index contributed by atoms with van der Waals surface area (Å²) < 4.78 is 1.18. The van der Waals surface area contributed by atoms with E-state index in [0.29, 0.717) is 5.92 Å². The lowest BCUT2D eigenvalue weighted by atomic mass is 9.89. The lowest BCUT2D eigenvalue weighted by Crippen LogP contribution is -2.32. The highest BCUT2D eigenvalue weighted by atomic mass is 79.9. The Morgan fingerprint density at radius 2 is 1.62 bits per heavy atom. The van der Waals surface area contributed by atoms with E-state index >= 15 is 0 Å². The summed E-state index contributed by atoms with van der Waals surface area (Å²) in [7, 11) is 0. The van der Waals surface area contributed by atoms with Crippen LogP contribution >= 0.6 is 15.9 Å². The van der Waals surface area contributed by atoms with Crippen LogP contribution in [0.5, 0.6) is 0 Å². The van der Waals surface area contributed by atoms with Gasteiger partial charge in [-0.05, 0) is 66.7 Å². The molecule has 1 fully saturated rings. The van der Waals surface area contributed by atoms with Gasteiger partial charge in [0.2, 0.25) is 0 Å². The average Bonchev–Trinajstić information content (AvgIpc) is 3.13. The molecule has 1 aliphatic heterocycles. The van der Waals surface area contributed by atoms with Crippen molar-refractivity contribution in [1.29, 1.82) is 0 Å². The number of nitrogens with zero attached hydrogens (tertiary/aromatic N) is 1. The molecule has 0 atom stereocenters. The Morgan fingerprint density at radius 3 is 2.41 bits per heavy atom. The molecule has 29 heavy (non-hydrogen) atoms. The van der Waals surface area contributed by atoms with Gasteiger partial charge in [0.25, 0.3) is 0 Å². The third kappa shape index (κ3) is 3.90. The summed E-state index contributed by atoms with van der Waals surface area (Å²) in [6.45, 7) is 3.29. The molecular formula is C26H25BrN2. The first-order chi connectivity index (χ1) is 14.3. The molecule has 0 unspecified atom stereocenters. The van der Waals surface area contributed by atoms with E-state index in [4.69, 9.17) is 0 Å². The summed E-state index contributed by atoms with van der Waals surface area (Å²) in [5.74, 6) is 0.667. The van der Waals surface area contributed by atoms with E-state index < -0.39 is 0 Å². The Kier molecular flexibility index (Phi) is 5.26. The van der Waals surface area contributed by atoms with E-state index in [1.54, 1.807) is 0 Å². The Hall–Kier alpha value is -2.36. The number of hydrogen-bond acceptors (Lipinski definition) is 1. The maximum absolute atomic E-state index is 3.68. The van der Waals surface area contributed by atoms with E-state index in [1.165, 1.54) is 50.6 Å². The second-order valence-electron chi connectivity index (χ2n) is 8.00. The highest BCUT2D eigenvalue weighted by molar-refractivity contribution is 9.10. The number of benzene rings is 3. The van der Waals surface area contributed by atoms with E-state index in [0.717, 1.165) is 19.6 Å². The van der Waals surface area contributed by atoms with Gasteiger partial charge < -0.3 is 4.98 Å². The molecule has 0 aliphatic carbocycles. The predicted molar refractivity (Wildman–Crippen MR) is 125 cm³/mol. The molecule has 0 saturated carbocycles. The summed E-state index contributed by atoms with van der Waals surface area (Å²) >= 11 is 3.62. The number of aromatic nitrogens is 1. The van der Waals surface area contributed by atoms with Crippen molar-refractivity contribution in [2.24, 2.45) is 0 Å². The smallest absolute Gasteiger partial charge is 0.0510 e. The molecule has 2 heterocycles. The Bertz CT molecular complexity index is 1110. The number of aromatic amines is 1. The number of likely N-dealkylation sites (tertiary alicyclic amines) is 1. The van der Waals surface area contributed by atoms with Crippen molar-refractivity contribution in [3.63, 3.8) is 0 Å². The van der Waals surface area contributed by atoms with Crippen molar-refractivity contribution in [3.8, 4) is 11.3 Å². The van der Waals surface area contributed by atoms with Crippen molar-refractivity contribution in [2.75, 3.05) is 13.1 Å². The minimum Gasteiger partial charge on any atom is -0.354 e. The molecule has 1 saturated heterocycles. The molecule has 3 heteroatoms. The first-order valence-electron chi connectivity index (χ1n) is 10.4. The number of halogens is 1. The molecule has 0 radical (unpaired) electrons. The van der Waals surface area contributed by atoms with Crippen LogP contribution in [0.1, 0.15) is 29.9 Å². The van der Waals surface area contributed by atoms with Gasteiger partial charge in [-0.15, -0.1) is 0 Å². The fourth-order valence-electron chi connectivity index (χ4n) is 4.62. The number of rotatable bonds is 4. The number of hydrogen-bond donors (Lipinski definition) is 1. The molecule has 5 rings (SSSR count). The minimum atomic E-state index is 0.667. The second kappa shape index (κ2) is 8.17. The van der Waals surface area contributed by atoms with E-state index in [-0.39, 0.29) is 0 Å². The van der Waals surface area contributed by atoms with Crippen LogP contribution < -0.4 is 0 Å². The van der Waals surface area contributed by atoms with E-state index in [1.807, 2.05) is 0 Å². The first-order valence-corrected chi connectivity index (χ1v) is 11.2. The van der Waals surface area contributed by atoms with Crippen molar-refractivity contribution in [2.45, 2.75) is 25.3 Å². The van der Waals surface area contributed by atoms with Gasteiger partial charge in [0, 0.05) is 21.9 Å². The molecule has 1 aromatic heterocycles. The van der Waals surface area contributed by atoms with Crippen LogP contribution in [0.25, 0.3) is 22.2 Å². The van der Waals surface area contributed by atoms with Crippen LogP contribution in [0, 0.1) is 0 Å². The zero-order valence-corrected chi connectivity index (χ0v) is 18.0. The van der Waals surface area contributed by atoms with Crippen molar-refractivity contribution in [3.05, 3.63) is 94.5 Å². The number of para-hydroxylation sites is 1. The highest BCUT2D eigenvalue weighted by Crippen LogP contribution is 2.34. The summed E-state index contributed by atoms with van der Waals surface area (Å²) in [5, 5.41) is 1.35. The lowest BCUT2D eigenvalue weighted by molar-refractivity contribution is 0.205. The largest absolute Gasteiger partial charge is 0.354 e. The number of piperidine rings is 1. The van der Waals surface area contributed by atoms with Gasteiger partial charge in [-0.3, -0.25) is 4.90 Å². The molecule has 3 aromatic carbocycles. The third-order valence-electron chi connectivity index (χ3n) is 6.17. The average molecular weight is 445 g/mol. The Labute approximate surface area is 180 Å². The van der Waals surface area contributed by atoms with Crippen LogP contribution in [0.15, 0.2) is 83.3 Å². The molecule has 2 nitrogen and oxygen atoms in total. The van der Waals surface area contributed by atoms with Gasteiger partial charge >= 0.3 is 0 Å².